The monoisotopic (exact) mass is 325 g/mol. The molecule has 6 heteroatoms. The fraction of sp³-hybridized carbons (Fsp3) is 0.500. The summed E-state index contributed by atoms with van der Waals surface area (Å²) < 4.78 is 1.93. The molecule has 1 aromatic carbocycles. The number of hydrogen-bond acceptors (Lipinski definition) is 4. The zero-order valence-corrected chi connectivity index (χ0v) is 13.7. The summed E-state index contributed by atoms with van der Waals surface area (Å²) in [5.41, 5.74) is 1.21. The predicted molar refractivity (Wildman–Crippen MR) is 90.2 cm³/mol. The van der Waals surface area contributed by atoms with Crippen molar-refractivity contribution < 1.29 is 4.79 Å². The number of fused-ring (bicyclic) bond motifs is 1. The molecule has 126 valence electrons. The number of aromatic nitrogens is 3. The number of carbonyl (C=O) groups excluding carboxylic acids is 1. The molecule has 6 nitrogen and oxygen atoms in total. The van der Waals surface area contributed by atoms with Gasteiger partial charge in [0.05, 0.1) is 19.1 Å². The van der Waals surface area contributed by atoms with Crippen LogP contribution in [0.5, 0.6) is 0 Å². The molecule has 1 saturated carbocycles. The lowest BCUT2D eigenvalue weighted by atomic mass is 10.0. The second-order valence-corrected chi connectivity index (χ2v) is 6.77. The first-order chi connectivity index (χ1) is 11.8. The summed E-state index contributed by atoms with van der Waals surface area (Å²) in [6.07, 6.45) is 5.91. The third kappa shape index (κ3) is 3.48. The van der Waals surface area contributed by atoms with Gasteiger partial charge in [0.1, 0.15) is 12.2 Å². The first-order valence-electron chi connectivity index (χ1n) is 8.74. The maximum absolute atomic E-state index is 12.4. The number of rotatable bonds is 6. The number of carbonyl (C=O) groups is 1. The second kappa shape index (κ2) is 6.73. The molecule has 1 aromatic heterocycles. The Hall–Kier alpha value is -2.21. The number of aryl methyl sites for hydroxylation is 1. The zero-order valence-electron chi connectivity index (χ0n) is 13.7. The largest absolute Gasteiger partial charge is 0.348 e. The van der Waals surface area contributed by atoms with E-state index in [2.05, 4.69) is 32.8 Å². The maximum Gasteiger partial charge on any atom is 0.234 e. The Morgan fingerprint density at radius 2 is 2.08 bits per heavy atom. The Morgan fingerprint density at radius 3 is 2.88 bits per heavy atom. The van der Waals surface area contributed by atoms with Gasteiger partial charge in [-0.3, -0.25) is 4.79 Å². The molecule has 0 bridgehead atoms. The van der Waals surface area contributed by atoms with Gasteiger partial charge in [0.25, 0.3) is 0 Å². The highest BCUT2D eigenvalue weighted by Crippen LogP contribution is 2.40. The van der Waals surface area contributed by atoms with Crippen LogP contribution in [0, 0.1) is 5.92 Å². The van der Waals surface area contributed by atoms with Crippen molar-refractivity contribution in [2.45, 2.75) is 44.3 Å². The molecular weight excluding hydrogens is 302 g/mol. The Kier molecular flexibility index (Phi) is 4.30. The minimum atomic E-state index is 0.0696. The maximum atomic E-state index is 12.4. The van der Waals surface area contributed by atoms with E-state index < -0.39 is 0 Å². The summed E-state index contributed by atoms with van der Waals surface area (Å²) >= 11 is 0. The van der Waals surface area contributed by atoms with Crippen molar-refractivity contribution in [2.24, 2.45) is 5.92 Å². The molecule has 2 heterocycles. The molecule has 2 aliphatic rings. The van der Waals surface area contributed by atoms with E-state index in [1.54, 1.807) is 6.33 Å². The molecule has 0 spiro atoms. The van der Waals surface area contributed by atoms with Gasteiger partial charge in [-0.2, -0.15) is 5.10 Å². The van der Waals surface area contributed by atoms with Gasteiger partial charge in [0.2, 0.25) is 5.91 Å². The normalized spacial score (nSPS) is 21.1. The highest BCUT2D eigenvalue weighted by atomic mass is 16.2. The quantitative estimate of drug-likeness (QED) is 0.843. The summed E-state index contributed by atoms with van der Waals surface area (Å²) in [4.78, 5) is 16.6. The summed E-state index contributed by atoms with van der Waals surface area (Å²) in [6, 6.07) is 10.7. The predicted octanol–water partition coefficient (Wildman–Crippen LogP) is 1.45. The van der Waals surface area contributed by atoms with E-state index >= 15 is 0 Å². The van der Waals surface area contributed by atoms with Crippen molar-refractivity contribution in [1.82, 2.24) is 25.4 Å². The fourth-order valence-electron chi connectivity index (χ4n) is 3.43. The molecule has 2 atom stereocenters. The SMILES string of the molecule is O=C(CN[C@H]1CCc2ncnn2C1)N[C@H](c1ccccc1)C1CC1. The molecule has 1 fully saturated rings. The molecule has 2 N–H and O–H groups in total. The van der Waals surface area contributed by atoms with E-state index in [-0.39, 0.29) is 18.0 Å². The first kappa shape index (κ1) is 15.3. The molecule has 2 aromatic rings. The van der Waals surface area contributed by atoms with Crippen molar-refractivity contribution in [3.8, 4) is 0 Å². The average Bonchev–Trinajstić information content (AvgIpc) is 3.35. The fourth-order valence-corrected chi connectivity index (χ4v) is 3.43. The van der Waals surface area contributed by atoms with Gasteiger partial charge < -0.3 is 10.6 Å². The van der Waals surface area contributed by atoms with E-state index in [1.807, 2.05) is 22.9 Å². The third-order valence-corrected chi connectivity index (χ3v) is 4.93. The number of nitrogens with zero attached hydrogens (tertiary/aromatic N) is 3. The number of hydrogen-bond donors (Lipinski definition) is 2. The van der Waals surface area contributed by atoms with Crippen LogP contribution in [0.2, 0.25) is 0 Å². The van der Waals surface area contributed by atoms with Crippen LogP contribution in [-0.4, -0.2) is 33.3 Å². The molecule has 4 rings (SSSR count). The van der Waals surface area contributed by atoms with E-state index in [1.165, 1.54) is 18.4 Å². The molecular formula is C18H23N5O. The van der Waals surface area contributed by atoms with Crippen LogP contribution in [-0.2, 0) is 17.8 Å². The summed E-state index contributed by atoms with van der Waals surface area (Å²) in [6.45, 7) is 1.14. The lowest BCUT2D eigenvalue weighted by Crippen LogP contribution is -2.44. The van der Waals surface area contributed by atoms with Crippen LogP contribution in [0.15, 0.2) is 36.7 Å². The average molecular weight is 325 g/mol. The molecule has 1 amide bonds. The Balaban J connectivity index is 1.30. The van der Waals surface area contributed by atoms with Crippen LogP contribution >= 0.6 is 0 Å². The minimum absolute atomic E-state index is 0.0696. The van der Waals surface area contributed by atoms with E-state index in [4.69, 9.17) is 0 Å². The third-order valence-electron chi connectivity index (χ3n) is 4.93. The molecule has 1 aliphatic heterocycles. The van der Waals surface area contributed by atoms with Gasteiger partial charge >= 0.3 is 0 Å². The molecule has 24 heavy (non-hydrogen) atoms. The summed E-state index contributed by atoms with van der Waals surface area (Å²) in [5, 5.41) is 10.8. The van der Waals surface area contributed by atoms with Crippen LogP contribution < -0.4 is 10.6 Å². The number of amides is 1. The molecule has 1 aliphatic carbocycles. The van der Waals surface area contributed by atoms with Crippen molar-refractivity contribution in [3.63, 3.8) is 0 Å². The molecule has 0 radical (unpaired) electrons. The lowest BCUT2D eigenvalue weighted by molar-refractivity contribution is -0.121. The Morgan fingerprint density at radius 1 is 1.25 bits per heavy atom. The van der Waals surface area contributed by atoms with Gasteiger partial charge in [-0.05, 0) is 30.7 Å². The highest BCUT2D eigenvalue weighted by molar-refractivity contribution is 5.78. The van der Waals surface area contributed by atoms with Gasteiger partial charge in [-0.25, -0.2) is 9.67 Å². The van der Waals surface area contributed by atoms with Crippen LogP contribution in [0.25, 0.3) is 0 Å². The van der Waals surface area contributed by atoms with Gasteiger partial charge in [-0.1, -0.05) is 30.3 Å². The van der Waals surface area contributed by atoms with E-state index in [9.17, 15) is 4.79 Å². The van der Waals surface area contributed by atoms with Crippen LogP contribution in [0.4, 0.5) is 0 Å². The van der Waals surface area contributed by atoms with Crippen molar-refractivity contribution in [1.29, 1.82) is 0 Å². The van der Waals surface area contributed by atoms with Gasteiger partial charge in [-0.15, -0.1) is 0 Å². The summed E-state index contributed by atoms with van der Waals surface area (Å²) in [7, 11) is 0. The zero-order chi connectivity index (χ0) is 16.4. The van der Waals surface area contributed by atoms with Crippen LogP contribution in [0.3, 0.4) is 0 Å². The van der Waals surface area contributed by atoms with Crippen molar-refractivity contribution in [2.75, 3.05) is 6.54 Å². The molecule has 0 saturated heterocycles. The molecule has 0 unspecified atom stereocenters. The number of nitrogens with one attached hydrogen (secondary N) is 2. The smallest absolute Gasteiger partial charge is 0.234 e. The van der Waals surface area contributed by atoms with Crippen molar-refractivity contribution in [3.05, 3.63) is 48.0 Å². The minimum Gasteiger partial charge on any atom is -0.348 e. The van der Waals surface area contributed by atoms with Crippen LogP contribution in [0.1, 0.15) is 36.7 Å². The highest BCUT2D eigenvalue weighted by Gasteiger charge is 2.33. The van der Waals surface area contributed by atoms with Gasteiger partial charge in [0.15, 0.2) is 0 Å². The first-order valence-corrected chi connectivity index (χ1v) is 8.74. The second-order valence-electron chi connectivity index (χ2n) is 6.77. The lowest BCUT2D eigenvalue weighted by Gasteiger charge is -2.24. The van der Waals surface area contributed by atoms with E-state index in [0.717, 1.165) is 25.2 Å². The topological polar surface area (TPSA) is 71.8 Å². The van der Waals surface area contributed by atoms with Crippen molar-refractivity contribution >= 4 is 5.91 Å². The summed E-state index contributed by atoms with van der Waals surface area (Å²) in [5.74, 6) is 1.69. The standard InChI is InChI=1S/C18H23N5O/c24-17(10-19-15-8-9-16-20-12-21-23(16)11-15)22-18(14-6-7-14)13-4-2-1-3-5-13/h1-5,12,14-15,18-19H,6-11H2,(H,22,24)/t15-,18+/m0/s1. The van der Waals surface area contributed by atoms with Gasteiger partial charge in [0, 0.05) is 12.5 Å². The van der Waals surface area contributed by atoms with E-state index in [0.29, 0.717) is 12.5 Å². The Bertz CT molecular complexity index is 694. The Labute approximate surface area is 141 Å². The number of benzene rings is 1.